The molecule has 1 heterocycles. The molecule has 11 aromatic rings. The summed E-state index contributed by atoms with van der Waals surface area (Å²) in [6, 6.07) is 80.7. The molecule has 0 bridgehead atoms. The molecule has 0 aliphatic rings. The van der Waals surface area contributed by atoms with E-state index in [4.69, 9.17) is 0 Å². The molecule has 59 heavy (non-hydrogen) atoms. The van der Waals surface area contributed by atoms with Gasteiger partial charge in [-0.1, -0.05) is 140 Å². The van der Waals surface area contributed by atoms with Crippen LogP contribution in [0.4, 0.5) is 34.1 Å². The third kappa shape index (κ3) is 6.26. The molecular formula is C56H39N3. The Morgan fingerprint density at radius 2 is 0.729 bits per heavy atom. The summed E-state index contributed by atoms with van der Waals surface area (Å²) in [5.41, 5.74) is 12.5. The molecule has 0 spiro atoms. The fourth-order valence-electron chi connectivity index (χ4n) is 8.72. The van der Waals surface area contributed by atoms with Gasteiger partial charge in [0.2, 0.25) is 0 Å². The third-order valence-electron chi connectivity index (χ3n) is 11.4. The lowest BCUT2D eigenvalue weighted by atomic mass is 9.99. The maximum Gasteiger partial charge on any atom is 0.0568 e. The summed E-state index contributed by atoms with van der Waals surface area (Å²) in [6.07, 6.45) is 4.47. The highest BCUT2D eigenvalue weighted by Crippen LogP contribution is 2.44. The lowest BCUT2D eigenvalue weighted by molar-refractivity contribution is 1.18. The van der Waals surface area contributed by atoms with Gasteiger partial charge in [0.05, 0.1) is 11.0 Å². The largest absolute Gasteiger partial charge is 0.310 e. The summed E-state index contributed by atoms with van der Waals surface area (Å²) in [7, 11) is 0. The van der Waals surface area contributed by atoms with Gasteiger partial charge in [0.1, 0.15) is 0 Å². The minimum Gasteiger partial charge on any atom is -0.310 e. The summed E-state index contributed by atoms with van der Waals surface area (Å²) in [6.45, 7) is 0. The Labute approximate surface area is 343 Å². The van der Waals surface area contributed by atoms with Crippen LogP contribution >= 0.6 is 0 Å². The molecule has 11 rings (SSSR count). The second kappa shape index (κ2) is 14.6. The van der Waals surface area contributed by atoms with E-state index in [0.29, 0.717) is 0 Å². The summed E-state index contributed by atoms with van der Waals surface area (Å²) >= 11 is 0. The van der Waals surface area contributed by atoms with Crippen LogP contribution in [0.5, 0.6) is 0 Å². The van der Waals surface area contributed by atoms with E-state index in [0.717, 1.165) is 50.9 Å². The first-order chi connectivity index (χ1) is 29.2. The highest BCUT2D eigenvalue weighted by Gasteiger charge is 2.21. The van der Waals surface area contributed by atoms with E-state index in [1.807, 2.05) is 0 Å². The minimum atomic E-state index is 1.11. The highest BCUT2D eigenvalue weighted by molar-refractivity contribution is 6.25. The van der Waals surface area contributed by atoms with Crippen LogP contribution in [0.25, 0.3) is 61.2 Å². The zero-order valence-corrected chi connectivity index (χ0v) is 32.4. The maximum atomic E-state index is 2.44. The van der Waals surface area contributed by atoms with E-state index in [-0.39, 0.29) is 0 Å². The van der Waals surface area contributed by atoms with Crippen molar-refractivity contribution in [3.05, 3.63) is 236 Å². The molecule has 0 atom stereocenters. The molecule has 1 aromatic heterocycles. The van der Waals surface area contributed by atoms with E-state index < -0.39 is 0 Å². The predicted molar refractivity (Wildman–Crippen MR) is 252 cm³/mol. The molecule has 278 valence electrons. The van der Waals surface area contributed by atoms with Crippen LogP contribution in [0.1, 0.15) is 11.1 Å². The van der Waals surface area contributed by atoms with Gasteiger partial charge >= 0.3 is 0 Å². The molecule has 0 unspecified atom stereocenters. The molecule has 10 aromatic carbocycles. The van der Waals surface area contributed by atoms with Gasteiger partial charge in [0.25, 0.3) is 0 Å². The number of rotatable bonds is 9. The molecule has 3 nitrogen and oxygen atoms in total. The standard InChI is InChI=1S/C56H39N3/c1-5-17-46(18-6-1)57(51-34-31-42-15-13-14-16-43(42)37-51)50-32-27-40(28-33-50)25-26-41-35-44-29-30-45-38-52(58(47-19-7-2-8-20-47)48-21-9-3-10-22-48)39-54-56(45)55(44)53(36-41)59(54)49-23-11-4-12-24-49/h1-39H. The van der Waals surface area contributed by atoms with Crippen molar-refractivity contribution < 1.29 is 0 Å². The molecule has 0 aliphatic carbocycles. The first kappa shape index (κ1) is 34.4. The van der Waals surface area contributed by atoms with Crippen LogP contribution in [0.2, 0.25) is 0 Å². The van der Waals surface area contributed by atoms with Crippen LogP contribution < -0.4 is 9.80 Å². The molecule has 0 fully saturated rings. The summed E-state index contributed by atoms with van der Waals surface area (Å²) in [4.78, 5) is 4.68. The van der Waals surface area contributed by atoms with Gasteiger partial charge in [-0.25, -0.2) is 0 Å². The normalized spacial score (nSPS) is 11.7. The predicted octanol–water partition coefficient (Wildman–Crippen LogP) is 15.6. The Morgan fingerprint density at radius 1 is 0.288 bits per heavy atom. The van der Waals surface area contributed by atoms with Crippen molar-refractivity contribution in [3.63, 3.8) is 0 Å². The number of nitrogens with zero attached hydrogens (tertiary/aromatic N) is 3. The molecule has 0 amide bonds. The van der Waals surface area contributed by atoms with Crippen molar-refractivity contribution in [2.24, 2.45) is 0 Å². The third-order valence-corrected chi connectivity index (χ3v) is 11.4. The maximum absolute atomic E-state index is 2.44. The van der Waals surface area contributed by atoms with Crippen LogP contribution in [-0.4, -0.2) is 4.57 Å². The quantitative estimate of drug-likeness (QED) is 0.107. The lowest BCUT2D eigenvalue weighted by Gasteiger charge is -2.26. The topological polar surface area (TPSA) is 11.4 Å². The molecule has 0 radical (unpaired) electrons. The zero-order valence-electron chi connectivity index (χ0n) is 32.4. The van der Waals surface area contributed by atoms with E-state index >= 15 is 0 Å². The van der Waals surface area contributed by atoms with Crippen molar-refractivity contribution in [3.8, 4) is 5.69 Å². The number of benzene rings is 10. The molecule has 0 saturated carbocycles. The lowest BCUT2D eigenvalue weighted by Crippen LogP contribution is -2.10. The van der Waals surface area contributed by atoms with Crippen LogP contribution in [-0.2, 0) is 0 Å². The van der Waals surface area contributed by atoms with E-state index in [2.05, 4.69) is 251 Å². The number of hydrogen-bond donors (Lipinski definition) is 0. The zero-order chi connectivity index (χ0) is 39.1. The van der Waals surface area contributed by atoms with Gasteiger partial charge in [-0.05, 0) is 130 Å². The number of hydrogen-bond acceptors (Lipinski definition) is 2. The number of aromatic nitrogens is 1. The van der Waals surface area contributed by atoms with Gasteiger partial charge in [-0.15, -0.1) is 0 Å². The Bertz CT molecular complexity index is 3200. The monoisotopic (exact) mass is 753 g/mol. The average Bonchev–Trinajstić information content (AvgIpc) is 3.64. The van der Waals surface area contributed by atoms with Crippen molar-refractivity contribution in [2.45, 2.75) is 0 Å². The van der Waals surface area contributed by atoms with Crippen LogP contribution in [0, 0.1) is 0 Å². The van der Waals surface area contributed by atoms with E-state index in [1.165, 1.54) is 43.4 Å². The van der Waals surface area contributed by atoms with Crippen LogP contribution in [0.3, 0.4) is 0 Å². The second-order valence-corrected chi connectivity index (χ2v) is 15.1. The Morgan fingerprint density at radius 3 is 1.36 bits per heavy atom. The smallest absolute Gasteiger partial charge is 0.0568 e. The SMILES string of the molecule is C(=Cc1cc2ccc3cc(N(c4ccccc4)c4ccccc4)cc4c3c2c(c1)n4-c1ccccc1)c1ccc(N(c2ccccc2)c2ccc3ccccc3c2)cc1. The van der Waals surface area contributed by atoms with Gasteiger partial charge in [0.15, 0.2) is 0 Å². The molecule has 0 aliphatic heterocycles. The highest BCUT2D eigenvalue weighted by atomic mass is 15.1. The summed E-state index contributed by atoms with van der Waals surface area (Å²) < 4.78 is 2.44. The van der Waals surface area contributed by atoms with Crippen LogP contribution in [0.15, 0.2) is 224 Å². The second-order valence-electron chi connectivity index (χ2n) is 15.1. The Hall–Kier alpha value is -7.88. The van der Waals surface area contributed by atoms with Gasteiger partial charge in [-0.3, -0.25) is 0 Å². The van der Waals surface area contributed by atoms with E-state index in [1.54, 1.807) is 0 Å². The van der Waals surface area contributed by atoms with Crippen molar-refractivity contribution in [1.29, 1.82) is 0 Å². The molecule has 0 N–H and O–H groups in total. The van der Waals surface area contributed by atoms with E-state index in [9.17, 15) is 0 Å². The first-order valence-electron chi connectivity index (χ1n) is 20.2. The van der Waals surface area contributed by atoms with Gasteiger partial charge in [-0.2, -0.15) is 0 Å². The number of para-hydroxylation sites is 4. The number of anilines is 6. The molecule has 0 saturated heterocycles. The Balaban J connectivity index is 1.00. The van der Waals surface area contributed by atoms with Gasteiger partial charge in [0, 0.05) is 50.6 Å². The van der Waals surface area contributed by atoms with Crippen molar-refractivity contribution >= 4 is 89.6 Å². The summed E-state index contributed by atoms with van der Waals surface area (Å²) in [5.74, 6) is 0. The fraction of sp³-hybridized carbons (Fsp3) is 0. The minimum absolute atomic E-state index is 1.11. The van der Waals surface area contributed by atoms with Crippen molar-refractivity contribution in [2.75, 3.05) is 9.80 Å². The van der Waals surface area contributed by atoms with Crippen molar-refractivity contribution in [1.82, 2.24) is 4.57 Å². The molecular weight excluding hydrogens is 715 g/mol. The number of fused-ring (bicyclic) bond motifs is 1. The first-order valence-corrected chi connectivity index (χ1v) is 20.2. The van der Waals surface area contributed by atoms with Gasteiger partial charge < -0.3 is 14.4 Å². The fourth-order valence-corrected chi connectivity index (χ4v) is 8.72. The average molecular weight is 754 g/mol. The summed E-state index contributed by atoms with van der Waals surface area (Å²) in [5, 5.41) is 7.48. The molecule has 3 heteroatoms. The Kier molecular flexibility index (Phi) is 8.49.